The van der Waals surface area contributed by atoms with Gasteiger partial charge in [-0.25, -0.2) is 4.98 Å². The van der Waals surface area contributed by atoms with Crippen molar-refractivity contribution in [1.29, 1.82) is 5.41 Å². The summed E-state index contributed by atoms with van der Waals surface area (Å²) >= 11 is 0. The van der Waals surface area contributed by atoms with Crippen molar-refractivity contribution in [3.63, 3.8) is 0 Å². The lowest BCUT2D eigenvalue weighted by atomic mass is 9.84. The third kappa shape index (κ3) is 4.22. The zero-order valence-corrected chi connectivity index (χ0v) is 18.1. The van der Waals surface area contributed by atoms with Crippen LogP contribution in [0.5, 0.6) is 0 Å². The second-order valence-corrected chi connectivity index (χ2v) is 8.17. The number of hydrogen-bond acceptors (Lipinski definition) is 5. The smallest absolute Gasteiger partial charge is 0.181 e. The molecule has 5 heteroatoms. The molecule has 1 aromatic carbocycles. The molecule has 1 aliphatic rings. The first-order valence-corrected chi connectivity index (χ1v) is 10.6. The third-order valence-corrected chi connectivity index (χ3v) is 6.04. The summed E-state index contributed by atoms with van der Waals surface area (Å²) in [5.74, 6) is 1.47. The Kier molecular flexibility index (Phi) is 5.85. The van der Waals surface area contributed by atoms with Gasteiger partial charge in [0.05, 0.1) is 17.6 Å². The van der Waals surface area contributed by atoms with E-state index in [4.69, 9.17) is 14.8 Å². The van der Waals surface area contributed by atoms with Crippen LogP contribution in [0, 0.1) is 11.3 Å². The van der Waals surface area contributed by atoms with Crippen molar-refractivity contribution in [2.75, 3.05) is 0 Å². The van der Waals surface area contributed by atoms with E-state index >= 15 is 0 Å². The normalized spacial score (nSPS) is 17.8. The van der Waals surface area contributed by atoms with Crippen molar-refractivity contribution in [1.82, 2.24) is 9.97 Å². The number of nitrogens with one attached hydrogen (secondary N) is 1. The molecule has 2 atom stereocenters. The minimum Gasteiger partial charge on any atom is -0.512 e. The first-order valence-electron chi connectivity index (χ1n) is 10.6. The van der Waals surface area contributed by atoms with Gasteiger partial charge < -0.3 is 14.9 Å². The van der Waals surface area contributed by atoms with Crippen molar-refractivity contribution < 1.29 is 9.52 Å². The highest BCUT2D eigenvalue weighted by Crippen LogP contribution is 2.38. The van der Waals surface area contributed by atoms with E-state index in [1.165, 1.54) is 12.0 Å². The number of allylic oxidation sites excluding steroid dienone is 3. The molecule has 31 heavy (non-hydrogen) atoms. The van der Waals surface area contributed by atoms with E-state index in [9.17, 15) is 5.11 Å². The standard InChI is InChI=1S/C26H27N3O2/c1-16(19-7-5-4-6-8-19)20-9-10-21-11-22(25(17(2)27)18(3)30)13-29-26(21)23(12-20)24-14-28-15-31-24/h4-8,11-16,20,27,30H,9-10H2,1-3H3/b25-18+,27-17?. The lowest BCUT2D eigenvalue weighted by Crippen LogP contribution is -2.08. The second kappa shape index (κ2) is 8.72. The number of aliphatic hydroxyl groups is 1. The van der Waals surface area contributed by atoms with Crippen molar-refractivity contribution in [3.8, 4) is 0 Å². The van der Waals surface area contributed by atoms with E-state index in [0.717, 1.165) is 35.2 Å². The van der Waals surface area contributed by atoms with E-state index in [2.05, 4.69) is 48.3 Å². The van der Waals surface area contributed by atoms with E-state index in [-0.39, 0.29) is 5.76 Å². The van der Waals surface area contributed by atoms with Crippen LogP contribution in [0.1, 0.15) is 61.3 Å². The van der Waals surface area contributed by atoms with Crippen molar-refractivity contribution in [3.05, 3.63) is 95.2 Å². The summed E-state index contributed by atoms with van der Waals surface area (Å²) in [5, 5.41) is 18.2. The molecule has 4 rings (SSSR count). The van der Waals surface area contributed by atoms with Gasteiger partial charge in [-0.2, -0.15) is 0 Å². The zero-order chi connectivity index (χ0) is 22.0. The van der Waals surface area contributed by atoms with Gasteiger partial charge in [-0.3, -0.25) is 4.98 Å². The number of aliphatic hydroxyl groups excluding tert-OH is 1. The molecule has 2 N–H and O–H groups in total. The zero-order valence-electron chi connectivity index (χ0n) is 18.1. The Hall–Kier alpha value is -3.47. The van der Waals surface area contributed by atoms with Crippen LogP contribution in [0.4, 0.5) is 0 Å². The molecule has 0 fully saturated rings. The van der Waals surface area contributed by atoms with Crippen LogP contribution in [0.25, 0.3) is 11.1 Å². The molecule has 2 unspecified atom stereocenters. The summed E-state index contributed by atoms with van der Waals surface area (Å²) in [6.45, 7) is 5.55. The highest BCUT2D eigenvalue weighted by molar-refractivity contribution is 6.21. The van der Waals surface area contributed by atoms with Gasteiger partial charge in [0.2, 0.25) is 0 Å². The molecule has 0 bridgehead atoms. The van der Waals surface area contributed by atoms with Gasteiger partial charge in [-0.05, 0) is 55.7 Å². The average molecular weight is 414 g/mol. The molecule has 0 saturated heterocycles. The summed E-state index contributed by atoms with van der Waals surface area (Å²) < 4.78 is 5.67. The highest BCUT2D eigenvalue weighted by atomic mass is 16.3. The summed E-state index contributed by atoms with van der Waals surface area (Å²) in [5.41, 5.74) is 5.82. The number of nitrogens with zero attached hydrogens (tertiary/aromatic N) is 2. The van der Waals surface area contributed by atoms with Gasteiger partial charge in [0.1, 0.15) is 0 Å². The van der Waals surface area contributed by atoms with Crippen molar-refractivity contribution >= 4 is 16.9 Å². The fourth-order valence-electron chi connectivity index (χ4n) is 4.42. The monoisotopic (exact) mass is 413 g/mol. The first-order chi connectivity index (χ1) is 15.0. The van der Waals surface area contributed by atoms with Crippen LogP contribution in [0.15, 0.2) is 71.4 Å². The number of oxazole rings is 1. The molecular weight excluding hydrogens is 386 g/mol. The maximum atomic E-state index is 10.1. The summed E-state index contributed by atoms with van der Waals surface area (Å²) in [6.07, 6.45) is 8.99. The van der Waals surface area contributed by atoms with Gasteiger partial charge in [0.25, 0.3) is 0 Å². The molecule has 0 amide bonds. The molecule has 158 valence electrons. The van der Waals surface area contributed by atoms with Gasteiger partial charge in [-0.15, -0.1) is 0 Å². The van der Waals surface area contributed by atoms with E-state index < -0.39 is 0 Å². The van der Waals surface area contributed by atoms with Crippen LogP contribution >= 0.6 is 0 Å². The number of aryl methyl sites for hydroxylation is 1. The predicted molar refractivity (Wildman–Crippen MR) is 123 cm³/mol. The van der Waals surface area contributed by atoms with Crippen LogP contribution in [-0.4, -0.2) is 20.8 Å². The molecule has 0 aliphatic heterocycles. The van der Waals surface area contributed by atoms with E-state index in [1.807, 2.05) is 6.07 Å². The molecule has 5 nitrogen and oxygen atoms in total. The minimum atomic E-state index is 0.129. The van der Waals surface area contributed by atoms with Crippen LogP contribution in [0.2, 0.25) is 0 Å². The molecule has 0 radical (unpaired) electrons. The van der Waals surface area contributed by atoms with E-state index in [1.54, 1.807) is 26.2 Å². The van der Waals surface area contributed by atoms with Gasteiger partial charge in [0, 0.05) is 28.6 Å². The molecule has 2 heterocycles. The quantitative estimate of drug-likeness (QED) is 0.385. The Labute approximate surface area is 182 Å². The van der Waals surface area contributed by atoms with Gasteiger partial charge in [-0.1, -0.05) is 43.3 Å². The summed E-state index contributed by atoms with van der Waals surface area (Å²) in [7, 11) is 0. The summed E-state index contributed by atoms with van der Waals surface area (Å²) in [6, 6.07) is 12.6. The number of benzene rings is 1. The molecule has 3 aromatic rings. The fourth-order valence-corrected chi connectivity index (χ4v) is 4.42. The first kappa shape index (κ1) is 20.8. The molecule has 2 aromatic heterocycles. The van der Waals surface area contributed by atoms with Gasteiger partial charge >= 0.3 is 0 Å². The minimum absolute atomic E-state index is 0.129. The topological polar surface area (TPSA) is 83.0 Å². The Morgan fingerprint density at radius 1 is 1.19 bits per heavy atom. The summed E-state index contributed by atoms with van der Waals surface area (Å²) in [4.78, 5) is 8.89. The van der Waals surface area contributed by atoms with Crippen molar-refractivity contribution in [2.45, 2.75) is 39.5 Å². The van der Waals surface area contributed by atoms with Crippen molar-refractivity contribution in [2.24, 2.45) is 5.92 Å². The molecule has 0 spiro atoms. The lowest BCUT2D eigenvalue weighted by Gasteiger charge is -2.21. The fraction of sp³-hybridized carbons (Fsp3) is 0.269. The molecular formula is C26H27N3O2. The Balaban J connectivity index is 1.79. The predicted octanol–water partition coefficient (Wildman–Crippen LogP) is 6.20. The number of rotatable bonds is 5. The highest BCUT2D eigenvalue weighted by Gasteiger charge is 2.26. The number of aromatic nitrogens is 2. The van der Waals surface area contributed by atoms with Crippen LogP contribution < -0.4 is 0 Å². The maximum Gasteiger partial charge on any atom is 0.181 e. The Morgan fingerprint density at radius 2 is 1.97 bits per heavy atom. The lowest BCUT2D eigenvalue weighted by molar-refractivity contribution is 0.418. The average Bonchev–Trinajstić information content (AvgIpc) is 3.22. The van der Waals surface area contributed by atoms with E-state index in [0.29, 0.717) is 28.9 Å². The maximum absolute atomic E-state index is 10.1. The third-order valence-electron chi connectivity index (χ3n) is 6.04. The molecule has 1 aliphatic carbocycles. The molecule has 0 saturated carbocycles. The Morgan fingerprint density at radius 3 is 2.61 bits per heavy atom. The largest absolute Gasteiger partial charge is 0.512 e. The SMILES string of the molecule is CC(=N)/C(=C(/C)O)c1cnc2c(c1)CCC(C(C)c1ccccc1)C=C2c1cnco1. The van der Waals surface area contributed by atoms with Gasteiger partial charge in [0.15, 0.2) is 12.2 Å². The number of fused-ring (bicyclic) bond motifs is 1. The number of pyridine rings is 1. The van der Waals surface area contributed by atoms with Crippen LogP contribution in [0.3, 0.4) is 0 Å². The second-order valence-electron chi connectivity index (χ2n) is 8.17. The van der Waals surface area contributed by atoms with Crippen LogP contribution in [-0.2, 0) is 6.42 Å². The number of hydrogen-bond donors (Lipinski definition) is 2. The Bertz CT molecular complexity index is 1140.